The van der Waals surface area contributed by atoms with Crippen LogP contribution in [0.2, 0.25) is 0 Å². The second kappa shape index (κ2) is 9.28. The molecule has 2 N–H and O–H groups in total. The molecule has 0 saturated carbocycles. The van der Waals surface area contributed by atoms with E-state index in [0.29, 0.717) is 31.7 Å². The number of anilines is 1. The minimum Gasteiger partial charge on any atom is -0.491 e. The van der Waals surface area contributed by atoms with E-state index in [4.69, 9.17) is 4.74 Å². The lowest BCUT2D eigenvalue weighted by Gasteiger charge is -2.37. The molecule has 0 spiro atoms. The van der Waals surface area contributed by atoms with Crippen molar-refractivity contribution in [3.8, 4) is 5.75 Å². The Morgan fingerprint density at radius 2 is 1.84 bits per heavy atom. The summed E-state index contributed by atoms with van der Waals surface area (Å²) in [6.07, 6.45) is -3.58. The molecule has 1 saturated heterocycles. The Balaban J connectivity index is 1.47. The quantitative estimate of drug-likeness (QED) is 0.714. The highest BCUT2D eigenvalue weighted by Crippen LogP contribution is 2.30. The number of aryl methyl sites for hydroxylation is 2. The van der Waals surface area contributed by atoms with E-state index in [2.05, 4.69) is 5.32 Å². The standard InChI is InChI=1S/C23H27F3N2O3/c1-16-6-7-20(12-17(16)2)31-15-22(30)8-10-28(11-9-22)14-21(29)27-19-5-3-4-18(13-19)23(24,25)26/h3-7,12-13,30H,8-11,14-15H2,1-2H3,(H,27,29). The first kappa shape index (κ1) is 23.1. The molecule has 2 aromatic carbocycles. The molecule has 0 radical (unpaired) electrons. The fourth-order valence-corrected chi connectivity index (χ4v) is 3.47. The zero-order chi connectivity index (χ0) is 22.6. The van der Waals surface area contributed by atoms with Crippen molar-refractivity contribution in [2.45, 2.75) is 38.5 Å². The number of rotatable bonds is 6. The van der Waals surface area contributed by atoms with Gasteiger partial charge in [0.05, 0.1) is 12.1 Å². The molecule has 0 aromatic heterocycles. The molecule has 0 aliphatic carbocycles. The van der Waals surface area contributed by atoms with Gasteiger partial charge in [-0.1, -0.05) is 12.1 Å². The second-order valence-electron chi connectivity index (χ2n) is 8.16. The van der Waals surface area contributed by atoms with E-state index < -0.39 is 23.2 Å². The number of benzene rings is 2. The van der Waals surface area contributed by atoms with Crippen LogP contribution in [0, 0.1) is 13.8 Å². The summed E-state index contributed by atoms with van der Waals surface area (Å²) in [4.78, 5) is 14.1. The first-order valence-electron chi connectivity index (χ1n) is 10.2. The fourth-order valence-electron chi connectivity index (χ4n) is 3.47. The predicted molar refractivity (Wildman–Crippen MR) is 112 cm³/mol. The lowest BCUT2D eigenvalue weighted by atomic mass is 9.92. The van der Waals surface area contributed by atoms with E-state index in [-0.39, 0.29) is 18.8 Å². The number of nitrogens with one attached hydrogen (secondary N) is 1. The Labute approximate surface area is 179 Å². The summed E-state index contributed by atoms with van der Waals surface area (Å²) < 4.78 is 44.2. The van der Waals surface area contributed by atoms with E-state index in [1.54, 1.807) is 0 Å². The van der Waals surface area contributed by atoms with E-state index in [1.807, 2.05) is 36.9 Å². The van der Waals surface area contributed by atoms with Crippen LogP contribution in [-0.2, 0) is 11.0 Å². The Morgan fingerprint density at radius 1 is 1.13 bits per heavy atom. The van der Waals surface area contributed by atoms with Gasteiger partial charge in [-0.15, -0.1) is 0 Å². The summed E-state index contributed by atoms with van der Waals surface area (Å²) in [7, 11) is 0. The summed E-state index contributed by atoms with van der Waals surface area (Å²) in [5, 5.41) is 13.3. The van der Waals surface area contributed by atoms with Gasteiger partial charge in [0.25, 0.3) is 0 Å². The van der Waals surface area contributed by atoms with Crippen LogP contribution in [-0.4, -0.2) is 47.8 Å². The molecule has 1 amide bonds. The lowest BCUT2D eigenvalue weighted by molar-refractivity contribution is -0.137. The fraction of sp³-hybridized carbons (Fsp3) is 0.435. The van der Waals surface area contributed by atoms with Crippen molar-refractivity contribution in [2.75, 3.05) is 31.6 Å². The number of hydrogen-bond acceptors (Lipinski definition) is 4. The summed E-state index contributed by atoms with van der Waals surface area (Å²) in [5.41, 5.74) is 0.605. The second-order valence-corrected chi connectivity index (χ2v) is 8.16. The summed E-state index contributed by atoms with van der Waals surface area (Å²) in [6.45, 7) is 5.21. The highest BCUT2D eigenvalue weighted by Gasteiger charge is 2.34. The van der Waals surface area contributed by atoms with Crippen molar-refractivity contribution in [2.24, 2.45) is 0 Å². The van der Waals surface area contributed by atoms with Gasteiger partial charge in [-0.2, -0.15) is 13.2 Å². The average Bonchev–Trinajstić information content (AvgIpc) is 2.70. The number of nitrogens with zero attached hydrogens (tertiary/aromatic N) is 1. The molecule has 168 valence electrons. The van der Waals surface area contributed by atoms with Gasteiger partial charge in [-0.25, -0.2) is 0 Å². The van der Waals surface area contributed by atoms with Gasteiger partial charge in [0.15, 0.2) is 0 Å². The topological polar surface area (TPSA) is 61.8 Å². The highest BCUT2D eigenvalue weighted by atomic mass is 19.4. The molecule has 31 heavy (non-hydrogen) atoms. The highest BCUT2D eigenvalue weighted by molar-refractivity contribution is 5.92. The van der Waals surface area contributed by atoms with Crippen LogP contribution in [0.5, 0.6) is 5.75 Å². The van der Waals surface area contributed by atoms with Gasteiger partial charge >= 0.3 is 6.18 Å². The van der Waals surface area contributed by atoms with E-state index in [0.717, 1.165) is 17.7 Å². The van der Waals surface area contributed by atoms with Crippen molar-refractivity contribution in [3.05, 3.63) is 59.2 Å². The third kappa shape index (κ3) is 6.45. The van der Waals surface area contributed by atoms with Crippen molar-refractivity contribution in [1.29, 1.82) is 0 Å². The number of carbonyl (C=O) groups excluding carboxylic acids is 1. The number of halogens is 3. The molecule has 2 aromatic rings. The molecule has 0 atom stereocenters. The number of likely N-dealkylation sites (tertiary alicyclic amines) is 1. The maximum absolute atomic E-state index is 12.8. The maximum Gasteiger partial charge on any atom is 0.416 e. The minimum absolute atomic E-state index is 0.0460. The van der Waals surface area contributed by atoms with E-state index in [9.17, 15) is 23.1 Å². The molecule has 1 aliphatic heterocycles. The summed E-state index contributed by atoms with van der Waals surface area (Å²) >= 11 is 0. The summed E-state index contributed by atoms with van der Waals surface area (Å²) in [6, 6.07) is 10.3. The minimum atomic E-state index is -4.46. The van der Waals surface area contributed by atoms with Crippen molar-refractivity contribution in [1.82, 2.24) is 4.90 Å². The van der Waals surface area contributed by atoms with E-state index in [1.165, 1.54) is 17.7 Å². The Hall–Kier alpha value is -2.58. The third-order valence-corrected chi connectivity index (χ3v) is 5.61. The number of ether oxygens (including phenoxy) is 1. The lowest BCUT2D eigenvalue weighted by Crippen LogP contribution is -2.49. The van der Waals surface area contributed by atoms with Gasteiger partial charge in [-0.3, -0.25) is 9.69 Å². The van der Waals surface area contributed by atoms with Crippen LogP contribution < -0.4 is 10.1 Å². The van der Waals surface area contributed by atoms with Crippen molar-refractivity contribution < 1.29 is 27.8 Å². The molecular formula is C23H27F3N2O3. The summed E-state index contributed by atoms with van der Waals surface area (Å²) in [5.74, 6) is 0.315. The number of alkyl halides is 3. The third-order valence-electron chi connectivity index (χ3n) is 5.61. The zero-order valence-electron chi connectivity index (χ0n) is 17.6. The molecule has 0 bridgehead atoms. The smallest absolute Gasteiger partial charge is 0.416 e. The van der Waals surface area contributed by atoms with Gasteiger partial charge in [0.2, 0.25) is 5.91 Å². The number of aliphatic hydroxyl groups is 1. The van der Waals surface area contributed by atoms with Crippen LogP contribution in [0.4, 0.5) is 18.9 Å². The molecule has 1 fully saturated rings. The maximum atomic E-state index is 12.8. The molecule has 1 aliphatic rings. The van der Waals surface area contributed by atoms with Gasteiger partial charge < -0.3 is 15.2 Å². The normalized spacial score (nSPS) is 16.7. The Bertz CT molecular complexity index is 923. The van der Waals surface area contributed by atoms with Crippen LogP contribution >= 0.6 is 0 Å². The molecule has 3 rings (SSSR count). The van der Waals surface area contributed by atoms with Crippen LogP contribution in [0.1, 0.15) is 29.5 Å². The Morgan fingerprint density at radius 3 is 2.48 bits per heavy atom. The molecule has 1 heterocycles. The van der Waals surface area contributed by atoms with Crippen LogP contribution in [0.25, 0.3) is 0 Å². The SMILES string of the molecule is Cc1ccc(OCC2(O)CCN(CC(=O)Nc3cccc(C(F)(F)F)c3)CC2)cc1C. The van der Waals surface area contributed by atoms with Gasteiger partial charge in [-0.05, 0) is 68.1 Å². The monoisotopic (exact) mass is 436 g/mol. The number of amides is 1. The van der Waals surface area contributed by atoms with E-state index >= 15 is 0 Å². The zero-order valence-corrected chi connectivity index (χ0v) is 17.6. The largest absolute Gasteiger partial charge is 0.491 e. The van der Waals surface area contributed by atoms with Crippen LogP contribution in [0.15, 0.2) is 42.5 Å². The van der Waals surface area contributed by atoms with Crippen LogP contribution in [0.3, 0.4) is 0 Å². The first-order valence-corrected chi connectivity index (χ1v) is 10.2. The average molecular weight is 436 g/mol. The molecule has 8 heteroatoms. The number of carbonyl (C=O) groups is 1. The first-order chi connectivity index (χ1) is 14.5. The predicted octanol–water partition coefficient (Wildman–Crippen LogP) is 4.17. The van der Waals surface area contributed by atoms with Gasteiger partial charge in [0.1, 0.15) is 18.0 Å². The van der Waals surface area contributed by atoms with Crippen molar-refractivity contribution in [3.63, 3.8) is 0 Å². The Kier molecular flexibility index (Phi) is 6.91. The van der Waals surface area contributed by atoms with Gasteiger partial charge in [0, 0.05) is 18.8 Å². The number of piperidine rings is 1. The molecule has 0 unspecified atom stereocenters. The molecular weight excluding hydrogens is 409 g/mol. The number of hydrogen-bond donors (Lipinski definition) is 2. The molecule has 5 nitrogen and oxygen atoms in total. The van der Waals surface area contributed by atoms with Crippen molar-refractivity contribution >= 4 is 11.6 Å².